The molecule has 0 unspecified atom stereocenters. The van der Waals surface area contributed by atoms with E-state index in [0.29, 0.717) is 0 Å². The fraction of sp³-hybridized carbons (Fsp3) is 0.929. The number of nitrogens with zero attached hydrogens (tertiary/aromatic N) is 1. The first-order valence-corrected chi connectivity index (χ1v) is 7.20. The molecule has 1 aliphatic heterocycles. The number of alkyl carbamates (subject to hydrolysis) is 1. The quantitative estimate of drug-likeness (QED) is 0.816. The maximum absolute atomic E-state index is 11.7. The Labute approximate surface area is 115 Å². The monoisotopic (exact) mass is 270 g/mol. The van der Waals surface area contributed by atoms with Gasteiger partial charge in [-0.25, -0.2) is 4.79 Å². The van der Waals surface area contributed by atoms with E-state index in [1.54, 1.807) is 0 Å². The summed E-state index contributed by atoms with van der Waals surface area (Å²) in [4.78, 5) is 14.1. The van der Waals surface area contributed by atoms with Gasteiger partial charge in [-0.2, -0.15) is 0 Å². The van der Waals surface area contributed by atoms with Crippen LogP contribution in [0.25, 0.3) is 0 Å². The van der Waals surface area contributed by atoms with Crippen LogP contribution >= 0.6 is 0 Å². The Kier molecular flexibility index (Phi) is 4.06. The van der Waals surface area contributed by atoms with Crippen LogP contribution in [0.5, 0.6) is 0 Å². The number of hydrogen-bond acceptors (Lipinski definition) is 4. The van der Waals surface area contributed by atoms with Gasteiger partial charge >= 0.3 is 6.09 Å². The van der Waals surface area contributed by atoms with E-state index in [1.807, 2.05) is 20.8 Å². The largest absolute Gasteiger partial charge is 0.444 e. The molecule has 5 nitrogen and oxygen atoms in total. The molecule has 5 heteroatoms. The second-order valence-corrected chi connectivity index (χ2v) is 6.79. The minimum Gasteiger partial charge on any atom is -0.444 e. The van der Waals surface area contributed by atoms with E-state index in [9.17, 15) is 9.90 Å². The first-order valence-electron chi connectivity index (χ1n) is 7.20. The van der Waals surface area contributed by atoms with E-state index in [1.165, 1.54) is 0 Å². The second-order valence-electron chi connectivity index (χ2n) is 6.79. The average Bonchev–Trinajstić information content (AvgIpc) is 3.08. The SMILES string of the molecule is CC(C)(C)OC(=O)NC1CCN(C2(CO)CC2)CC1. The summed E-state index contributed by atoms with van der Waals surface area (Å²) in [5, 5.41) is 12.4. The van der Waals surface area contributed by atoms with Crippen LogP contribution in [0.15, 0.2) is 0 Å². The summed E-state index contributed by atoms with van der Waals surface area (Å²) in [6.45, 7) is 7.76. The minimum absolute atomic E-state index is 0.0664. The summed E-state index contributed by atoms with van der Waals surface area (Å²) in [6, 6.07) is 0.195. The molecule has 0 bridgehead atoms. The molecule has 0 spiro atoms. The lowest BCUT2D eigenvalue weighted by molar-refractivity contribution is 0.0430. The summed E-state index contributed by atoms with van der Waals surface area (Å²) in [5.41, 5.74) is -0.378. The fourth-order valence-electron chi connectivity index (χ4n) is 2.69. The maximum Gasteiger partial charge on any atom is 0.407 e. The van der Waals surface area contributed by atoms with Gasteiger partial charge in [0.2, 0.25) is 0 Å². The number of carbonyl (C=O) groups is 1. The van der Waals surface area contributed by atoms with Gasteiger partial charge in [-0.1, -0.05) is 0 Å². The third kappa shape index (κ3) is 3.83. The Morgan fingerprint density at radius 2 is 1.95 bits per heavy atom. The predicted octanol–water partition coefficient (Wildman–Crippen LogP) is 1.50. The zero-order valence-electron chi connectivity index (χ0n) is 12.2. The van der Waals surface area contributed by atoms with E-state index in [0.717, 1.165) is 38.8 Å². The number of nitrogens with one attached hydrogen (secondary N) is 1. The van der Waals surface area contributed by atoms with Crippen molar-refractivity contribution in [3.63, 3.8) is 0 Å². The highest BCUT2D eigenvalue weighted by Gasteiger charge is 2.48. The molecule has 1 heterocycles. The summed E-state index contributed by atoms with van der Waals surface area (Å²) in [6.07, 6.45) is 3.75. The normalized spacial score (nSPS) is 24.0. The highest BCUT2D eigenvalue weighted by molar-refractivity contribution is 5.68. The molecule has 0 radical (unpaired) electrons. The number of carbonyl (C=O) groups excluding carboxylic acids is 1. The number of aliphatic hydroxyl groups excluding tert-OH is 1. The molecule has 1 saturated carbocycles. The Bertz CT molecular complexity index is 326. The molecule has 19 heavy (non-hydrogen) atoms. The van der Waals surface area contributed by atoms with Gasteiger partial charge in [0.15, 0.2) is 0 Å². The van der Waals surface area contributed by atoms with E-state index < -0.39 is 5.60 Å². The molecule has 1 saturated heterocycles. The van der Waals surface area contributed by atoms with Gasteiger partial charge in [-0.15, -0.1) is 0 Å². The van der Waals surface area contributed by atoms with Crippen molar-refractivity contribution in [2.24, 2.45) is 0 Å². The van der Waals surface area contributed by atoms with Crippen molar-refractivity contribution in [3.05, 3.63) is 0 Å². The lowest BCUT2D eigenvalue weighted by Crippen LogP contribution is -2.50. The van der Waals surface area contributed by atoms with Crippen molar-refractivity contribution in [3.8, 4) is 0 Å². The number of amides is 1. The number of piperidine rings is 1. The van der Waals surface area contributed by atoms with E-state index in [4.69, 9.17) is 4.74 Å². The predicted molar refractivity (Wildman–Crippen MR) is 73.0 cm³/mol. The summed E-state index contributed by atoms with van der Waals surface area (Å²) in [7, 11) is 0. The van der Waals surface area contributed by atoms with Crippen LogP contribution in [0, 0.1) is 0 Å². The summed E-state index contributed by atoms with van der Waals surface area (Å²) >= 11 is 0. The molecule has 2 rings (SSSR count). The Morgan fingerprint density at radius 3 is 2.37 bits per heavy atom. The van der Waals surface area contributed by atoms with Crippen LogP contribution in [0.1, 0.15) is 46.5 Å². The van der Waals surface area contributed by atoms with Crippen LogP contribution in [-0.4, -0.2) is 53.0 Å². The molecule has 0 atom stereocenters. The average molecular weight is 270 g/mol. The molecular weight excluding hydrogens is 244 g/mol. The van der Waals surface area contributed by atoms with Crippen LogP contribution in [0.3, 0.4) is 0 Å². The van der Waals surface area contributed by atoms with Gasteiger partial charge in [0.25, 0.3) is 0 Å². The van der Waals surface area contributed by atoms with Crippen LogP contribution in [0.2, 0.25) is 0 Å². The molecule has 1 aliphatic carbocycles. The Hall–Kier alpha value is -0.810. The van der Waals surface area contributed by atoms with Gasteiger partial charge in [0, 0.05) is 24.7 Å². The molecular formula is C14H26N2O3. The maximum atomic E-state index is 11.7. The molecule has 0 aromatic heterocycles. The van der Waals surface area contributed by atoms with E-state index >= 15 is 0 Å². The van der Waals surface area contributed by atoms with Crippen molar-refractivity contribution in [1.29, 1.82) is 0 Å². The van der Waals surface area contributed by atoms with Crippen molar-refractivity contribution in [2.75, 3.05) is 19.7 Å². The molecule has 2 fully saturated rings. The third-order valence-electron chi connectivity index (χ3n) is 4.01. The van der Waals surface area contributed by atoms with Crippen molar-refractivity contribution in [1.82, 2.24) is 10.2 Å². The van der Waals surface area contributed by atoms with Crippen LogP contribution < -0.4 is 5.32 Å². The summed E-state index contributed by atoms with van der Waals surface area (Å²) in [5.74, 6) is 0. The van der Waals surface area contributed by atoms with Gasteiger partial charge < -0.3 is 15.2 Å². The lowest BCUT2D eigenvalue weighted by atomic mass is 10.0. The van der Waals surface area contributed by atoms with E-state index in [-0.39, 0.29) is 24.3 Å². The van der Waals surface area contributed by atoms with Gasteiger partial charge in [0.1, 0.15) is 5.60 Å². The first kappa shape index (κ1) is 14.6. The van der Waals surface area contributed by atoms with Gasteiger partial charge in [0.05, 0.1) is 6.61 Å². The number of aliphatic hydroxyl groups is 1. The standard InChI is InChI=1S/C14H26N2O3/c1-13(2,3)19-12(18)15-11-4-8-16(9-5-11)14(10-17)6-7-14/h11,17H,4-10H2,1-3H3,(H,15,18). The second kappa shape index (κ2) is 5.29. The zero-order valence-corrected chi connectivity index (χ0v) is 12.2. The molecule has 2 aliphatic rings. The fourth-order valence-corrected chi connectivity index (χ4v) is 2.69. The topological polar surface area (TPSA) is 61.8 Å². The highest BCUT2D eigenvalue weighted by Crippen LogP contribution is 2.42. The summed E-state index contributed by atoms with van der Waals surface area (Å²) < 4.78 is 5.26. The van der Waals surface area contributed by atoms with Crippen LogP contribution in [-0.2, 0) is 4.74 Å². The third-order valence-corrected chi connectivity index (χ3v) is 4.01. The number of ether oxygens (including phenoxy) is 1. The number of likely N-dealkylation sites (tertiary alicyclic amines) is 1. The first-order chi connectivity index (χ1) is 8.85. The number of rotatable bonds is 3. The van der Waals surface area contributed by atoms with Gasteiger partial charge in [-0.05, 0) is 46.5 Å². The van der Waals surface area contributed by atoms with Crippen molar-refractivity contribution < 1.29 is 14.6 Å². The Morgan fingerprint density at radius 1 is 1.37 bits per heavy atom. The van der Waals surface area contributed by atoms with Gasteiger partial charge in [-0.3, -0.25) is 4.90 Å². The molecule has 110 valence electrons. The Balaban J connectivity index is 1.73. The smallest absolute Gasteiger partial charge is 0.407 e. The molecule has 0 aromatic carbocycles. The molecule has 2 N–H and O–H groups in total. The zero-order chi connectivity index (χ0) is 14.1. The minimum atomic E-state index is -0.445. The van der Waals surface area contributed by atoms with Crippen molar-refractivity contribution in [2.45, 2.75) is 63.6 Å². The number of hydrogen-bond donors (Lipinski definition) is 2. The van der Waals surface area contributed by atoms with E-state index in [2.05, 4.69) is 10.2 Å². The molecule has 0 aromatic rings. The van der Waals surface area contributed by atoms with Crippen molar-refractivity contribution >= 4 is 6.09 Å². The highest BCUT2D eigenvalue weighted by atomic mass is 16.6. The van der Waals surface area contributed by atoms with Crippen LogP contribution in [0.4, 0.5) is 4.79 Å². The molecule has 1 amide bonds. The lowest BCUT2D eigenvalue weighted by Gasteiger charge is -2.37.